The van der Waals surface area contributed by atoms with Gasteiger partial charge in [-0.25, -0.2) is 0 Å². The first-order chi connectivity index (χ1) is 6.09. The van der Waals surface area contributed by atoms with Crippen molar-refractivity contribution in [2.45, 2.75) is 43.8 Å². The second-order valence-electron chi connectivity index (χ2n) is 4.32. The monoisotopic (exact) mass is 206 g/mol. The van der Waals surface area contributed by atoms with Crippen LogP contribution in [-0.2, 0) is 10.2 Å². The zero-order chi connectivity index (χ0) is 9.47. The predicted octanol–water partition coefficient (Wildman–Crippen LogP) is 2.25. The summed E-state index contributed by atoms with van der Waals surface area (Å²) in [5.74, 6) is 0.251. The summed E-state index contributed by atoms with van der Waals surface area (Å²) >= 11 is 0. The predicted molar refractivity (Wildman–Crippen MR) is 48.5 cm³/mol. The Hall–Kier alpha value is -0.120. The molecule has 0 aromatic carbocycles. The Kier molecular flexibility index (Phi) is 2.34. The van der Waals surface area contributed by atoms with Crippen molar-refractivity contribution in [2.24, 2.45) is 11.8 Å². The van der Waals surface area contributed by atoms with E-state index in [9.17, 15) is 12.3 Å². The van der Waals surface area contributed by atoms with Crippen LogP contribution in [0.3, 0.4) is 0 Å². The van der Waals surface area contributed by atoms with Crippen molar-refractivity contribution in [3.8, 4) is 0 Å². The maximum absolute atomic E-state index is 13.0. The van der Waals surface area contributed by atoms with E-state index in [1.165, 1.54) is 0 Å². The van der Waals surface area contributed by atoms with Gasteiger partial charge in [-0.2, -0.15) is 8.42 Å². The Morgan fingerprint density at radius 1 is 1.00 bits per heavy atom. The highest BCUT2D eigenvalue weighted by atomic mass is 32.3. The van der Waals surface area contributed by atoms with Crippen LogP contribution in [0.2, 0.25) is 0 Å². The lowest BCUT2D eigenvalue weighted by atomic mass is 9.72. The van der Waals surface area contributed by atoms with E-state index in [2.05, 4.69) is 0 Å². The van der Waals surface area contributed by atoms with E-state index >= 15 is 0 Å². The van der Waals surface area contributed by atoms with E-state index in [0.29, 0.717) is 0 Å². The lowest BCUT2D eigenvalue weighted by Gasteiger charge is -2.39. The zero-order valence-corrected chi connectivity index (χ0v) is 8.39. The van der Waals surface area contributed by atoms with Crippen molar-refractivity contribution in [2.75, 3.05) is 0 Å². The maximum atomic E-state index is 13.0. The highest BCUT2D eigenvalue weighted by molar-refractivity contribution is 7.87. The highest BCUT2D eigenvalue weighted by Gasteiger charge is 2.44. The lowest BCUT2D eigenvalue weighted by molar-refractivity contribution is 0.191. The van der Waals surface area contributed by atoms with Gasteiger partial charge >= 0.3 is 10.2 Å². The second-order valence-corrected chi connectivity index (χ2v) is 5.82. The van der Waals surface area contributed by atoms with Gasteiger partial charge in [-0.05, 0) is 37.5 Å². The molecule has 0 heterocycles. The minimum Gasteiger partial charge on any atom is -0.195 e. The van der Waals surface area contributed by atoms with Crippen LogP contribution in [0.25, 0.3) is 0 Å². The van der Waals surface area contributed by atoms with Gasteiger partial charge in [0.1, 0.15) is 0 Å². The minimum atomic E-state index is -4.29. The summed E-state index contributed by atoms with van der Waals surface area (Å²) in [6.07, 6.45) is 5.77. The van der Waals surface area contributed by atoms with Crippen LogP contribution in [0.1, 0.15) is 38.5 Å². The standard InChI is InChI=1S/C9H15FO2S/c10-13(11,12)9(7-3-1-4-7)8-5-2-6-8/h7-9H,1-6H2. The summed E-state index contributed by atoms with van der Waals surface area (Å²) in [6, 6.07) is 0. The molecule has 13 heavy (non-hydrogen) atoms. The first-order valence-electron chi connectivity index (χ1n) is 5.02. The summed E-state index contributed by atoms with van der Waals surface area (Å²) in [7, 11) is -4.29. The molecular formula is C9H15FO2S. The smallest absolute Gasteiger partial charge is 0.195 e. The van der Waals surface area contributed by atoms with E-state index in [4.69, 9.17) is 0 Å². The van der Waals surface area contributed by atoms with Crippen LogP contribution in [0.15, 0.2) is 0 Å². The Balaban J connectivity index is 2.10. The molecule has 0 aliphatic heterocycles. The fraction of sp³-hybridized carbons (Fsp3) is 1.00. The zero-order valence-electron chi connectivity index (χ0n) is 7.58. The third-order valence-corrected chi connectivity index (χ3v) is 4.97. The van der Waals surface area contributed by atoms with Gasteiger partial charge in [0.15, 0.2) is 0 Å². The molecule has 0 saturated heterocycles. The Morgan fingerprint density at radius 2 is 1.38 bits per heavy atom. The Morgan fingerprint density at radius 3 is 1.54 bits per heavy atom. The van der Waals surface area contributed by atoms with Gasteiger partial charge in [-0.1, -0.05) is 12.8 Å². The van der Waals surface area contributed by atoms with E-state index < -0.39 is 15.5 Å². The van der Waals surface area contributed by atoms with E-state index in [-0.39, 0.29) is 11.8 Å². The fourth-order valence-electron chi connectivity index (χ4n) is 2.38. The summed E-state index contributed by atoms with van der Waals surface area (Å²) < 4.78 is 34.8. The minimum absolute atomic E-state index is 0.125. The number of hydrogen-bond acceptors (Lipinski definition) is 2. The van der Waals surface area contributed by atoms with Crippen LogP contribution in [-0.4, -0.2) is 13.7 Å². The van der Waals surface area contributed by atoms with Crippen molar-refractivity contribution in [1.82, 2.24) is 0 Å². The molecule has 0 radical (unpaired) electrons. The van der Waals surface area contributed by atoms with Crippen molar-refractivity contribution >= 4 is 10.2 Å². The van der Waals surface area contributed by atoms with Gasteiger partial charge in [-0.3, -0.25) is 0 Å². The number of rotatable bonds is 3. The Labute approximate surface area is 78.7 Å². The van der Waals surface area contributed by atoms with Crippen molar-refractivity contribution in [3.63, 3.8) is 0 Å². The molecule has 2 saturated carbocycles. The molecular weight excluding hydrogens is 191 g/mol. The van der Waals surface area contributed by atoms with Crippen molar-refractivity contribution in [3.05, 3.63) is 0 Å². The molecule has 0 unspecified atom stereocenters. The van der Waals surface area contributed by atoms with E-state index in [1.54, 1.807) is 0 Å². The largest absolute Gasteiger partial charge is 0.305 e. The van der Waals surface area contributed by atoms with Crippen LogP contribution >= 0.6 is 0 Å². The average Bonchev–Trinajstić information content (AvgIpc) is 1.75. The summed E-state index contributed by atoms with van der Waals surface area (Å²) in [4.78, 5) is 0. The second kappa shape index (κ2) is 3.23. The number of halogens is 1. The summed E-state index contributed by atoms with van der Waals surface area (Å²) in [6.45, 7) is 0. The quantitative estimate of drug-likeness (QED) is 0.664. The molecule has 0 aromatic rings. The molecule has 2 aliphatic carbocycles. The summed E-state index contributed by atoms with van der Waals surface area (Å²) in [5, 5.41) is -0.657. The molecule has 0 amide bonds. The topological polar surface area (TPSA) is 34.1 Å². The van der Waals surface area contributed by atoms with E-state index in [0.717, 1.165) is 38.5 Å². The first-order valence-corrected chi connectivity index (χ1v) is 6.47. The molecule has 0 spiro atoms. The van der Waals surface area contributed by atoms with Crippen molar-refractivity contribution < 1.29 is 12.3 Å². The van der Waals surface area contributed by atoms with E-state index in [1.807, 2.05) is 0 Å². The highest BCUT2D eigenvalue weighted by Crippen LogP contribution is 2.43. The molecule has 0 N–H and O–H groups in total. The lowest BCUT2D eigenvalue weighted by Crippen LogP contribution is -2.41. The Bertz CT molecular complexity index is 264. The van der Waals surface area contributed by atoms with Gasteiger partial charge in [0.2, 0.25) is 0 Å². The molecule has 0 atom stereocenters. The van der Waals surface area contributed by atoms with Crippen LogP contribution in [0, 0.1) is 11.8 Å². The normalized spacial score (nSPS) is 25.7. The third-order valence-electron chi connectivity index (χ3n) is 3.55. The fourth-order valence-corrected chi connectivity index (χ4v) is 3.85. The van der Waals surface area contributed by atoms with Crippen molar-refractivity contribution in [1.29, 1.82) is 0 Å². The molecule has 2 aliphatic rings. The molecule has 2 fully saturated rings. The molecule has 2 nitrogen and oxygen atoms in total. The van der Waals surface area contributed by atoms with Gasteiger partial charge in [-0.15, -0.1) is 3.89 Å². The summed E-state index contributed by atoms with van der Waals surface area (Å²) in [5.41, 5.74) is 0. The SMILES string of the molecule is O=S(=O)(F)C(C1CCC1)C1CCC1. The number of hydrogen-bond donors (Lipinski definition) is 0. The van der Waals surface area contributed by atoms with Crippen LogP contribution < -0.4 is 0 Å². The first kappa shape index (κ1) is 9.44. The third kappa shape index (κ3) is 1.73. The molecule has 0 bridgehead atoms. The molecule has 0 aromatic heterocycles. The van der Waals surface area contributed by atoms with Crippen LogP contribution in [0.5, 0.6) is 0 Å². The molecule has 76 valence electrons. The van der Waals surface area contributed by atoms with Crippen LogP contribution in [0.4, 0.5) is 3.89 Å². The average molecular weight is 206 g/mol. The van der Waals surface area contributed by atoms with Gasteiger partial charge in [0.25, 0.3) is 0 Å². The van der Waals surface area contributed by atoms with Gasteiger partial charge < -0.3 is 0 Å². The van der Waals surface area contributed by atoms with Gasteiger partial charge in [0, 0.05) is 0 Å². The molecule has 2 rings (SSSR count). The van der Waals surface area contributed by atoms with Gasteiger partial charge in [0.05, 0.1) is 5.25 Å². The molecule has 4 heteroatoms. The maximum Gasteiger partial charge on any atom is 0.305 e.